The molecular formula is C15H15N. The quantitative estimate of drug-likeness (QED) is 0.656. The fourth-order valence-electron chi connectivity index (χ4n) is 1.59. The van der Waals surface area contributed by atoms with Crippen LogP contribution in [0.4, 0.5) is 0 Å². The number of pyridine rings is 1. The first-order chi connectivity index (χ1) is 7.75. The maximum absolute atomic E-state index is 4.29. The number of hydrogen-bond donors (Lipinski definition) is 0. The van der Waals surface area contributed by atoms with Gasteiger partial charge in [-0.25, -0.2) is 0 Å². The van der Waals surface area contributed by atoms with Crippen LogP contribution in [-0.4, -0.2) is 4.98 Å². The molecule has 2 rings (SSSR count). The van der Waals surface area contributed by atoms with Crippen molar-refractivity contribution in [2.45, 2.75) is 20.3 Å². The van der Waals surface area contributed by atoms with E-state index in [0.717, 1.165) is 11.9 Å². The molecule has 0 aliphatic heterocycles. The first-order valence-corrected chi connectivity index (χ1v) is 5.58. The van der Waals surface area contributed by atoms with Crippen LogP contribution in [0.2, 0.25) is 0 Å². The van der Waals surface area contributed by atoms with Crippen molar-refractivity contribution in [2.75, 3.05) is 0 Å². The number of nitrogens with zero attached hydrogens (tertiary/aromatic N) is 1. The summed E-state index contributed by atoms with van der Waals surface area (Å²) in [6, 6.07) is 10.4. The molecule has 1 nitrogen and oxygen atoms in total. The lowest BCUT2D eigenvalue weighted by Crippen LogP contribution is -1.85. The summed E-state index contributed by atoms with van der Waals surface area (Å²) in [6.45, 7) is 4.22. The summed E-state index contributed by atoms with van der Waals surface area (Å²) >= 11 is 0. The molecule has 0 aliphatic carbocycles. The lowest BCUT2D eigenvalue weighted by atomic mass is 10.1. The third-order valence-electron chi connectivity index (χ3n) is 2.35. The number of benzene rings is 1. The van der Waals surface area contributed by atoms with Crippen LogP contribution in [0.15, 0.2) is 36.5 Å². The topological polar surface area (TPSA) is 12.9 Å². The molecule has 1 heterocycles. The zero-order chi connectivity index (χ0) is 11.4. The van der Waals surface area contributed by atoms with Crippen LogP contribution in [0, 0.1) is 17.8 Å². The van der Waals surface area contributed by atoms with Gasteiger partial charge >= 0.3 is 0 Å². The largest absolute Gasteiger partial charge is 0.256 e. The predicted octanol–water partition coefficient (Wildman–Crippen LogP) is 3.44. The highest BCUT2D eigenvalue weighted by atomic mass is 14.6. The fourth-order valence-corrected chi connectivity index (χ4v) is 1.59. The minimum Gasteiger partial charge on any atom is -0.256 e. The third kappa shape index (κ3) is 2.61. The fraction of sp³-hybridized carbons (Fsp3) is 0.267. The summed E-state index contributed by atoms with van der Waals surface area (Å²) < 4.78 is 0. The smallest absolute Gasteiger partial charge is 0.0702 e. The van der Waals surface area contributed by atoms with Gasteiger partial charge in [-0.15, -0.1) is 5.92 Å². The van der Waals surface area contributed by atoms with E-state index in [1.54, 1.807) is 0 Å². The van der Waals surface area contributed by atoms with Crippen LogP contribution < -0.4 is 0 Å². The second kappa shape index (κ2) is 4.81. The van der Waals surface area contributed by atoms with E-state index in [1.807, 2.05) is 12.3 Å². The number of hydrogen-bond acceptors (Lipinski definition) is 1. The van der Waals surface area contributed by atoms with Crippen LogP contribution in [0.5, 0.6) is 0 Å². The molecule has 0 bridgehead atoms. The van der Waals surface area contributed by atoms with Crippen LogP contribution >= 0.6 is 0 Å². The number of rotatable bonds is 1. The van der Waals surface area contributed by atoms with Crippen molar-refractivity contribution in [1.29, 1.82) is 0 Å². The van der Waals surface area contributed by atoms with Gasteiger partial charge in [0.25, 0.3) is 0 Å². The molecule has 0 radical (unpaired) electrons. The van der Waals surface area contributed by atoms with Gasteiger partial charge in [-0.3, -0.25) is 4.98 Å². The first-order valence-electron chi connectivity index (χ1n) is 5.58. The van der Waals surface area contributed by atoms with Gasteiger partial charge in [-0.05, 0) is 23.8 Å². The van der Waals surface area contributed by atoms with Crippen LogP contribution in [0.1, 0.15) is 19.4 Å². The van der Waals surface area contributed by atoms with Gasteiger partial charge in [0.1, 0.15) is 0 Å². The lowest BCUT2D eigenvalue weighted by Gasteiger charge is -1.99. The molecule has 0 atom stereocenters. The first kappa shape index (κ1) is 10.7. The lowest BCUT2D eigenvalue weighted by molar-refractivity contribution is 0.865. The molecule has 0 unspecified atom stereocenters. The number of fused-ring (bicyclic) bond motifs is 1. The molecule has 0 N–H and O–H groups in total. The molecule has 0 saturated heterocycles. The maximum Gasteiger partial charge on any atom is 0.0702 e. The van der Waals surface area contributed by atoms with E-state index < -0.39 is 0 Å². The monoisotopic (exact) mass is 209 g/mol. The molecule has 0 saturated carbocycles. The van der Waals surface area contributed by atoms with Crippen molar-refractivity contribution in [2.24, 2.45) is 5.92 Å². The Balaban J connectivity index is 2.24. The van der Waals surface area contributed by atoms with Gasteiger partial charge in [0.2, 0.25) is 0 Å². The molecule has 1 aromatic carbocycles. The van der Waals surface area contributed by atoms with Gasteiger partial charge in [0.15, 0.2) is 0 Å². The molecule has 1 heteroatoms. The van der Waals surface area contributed by atoms with Crippen molar-refractivity contribution >= 4 is 10.9 Å². The van der Waals surface area contributed by atoms with Gasteiger partial charge in [0.05, 0.1) is 5.52 Å². The van der Waals surface area contributed by atoms with Crippen molar-refractivity contribution in [3.05, 3.63) is 42.1 Å². The van der Waals surface area contributed by atoms with Gasteiger partial charge < -0.3 is 0 Å². The van der Waals surface area contributed by atoms with E-state index in [-0.39, 0.29) is 0 Å². The summed E-state index contributed by atoms with van der Waals surface area (Å²) in [5.41, 5.74) is 2.30. The second-order valence-corrected chi connectivity index (χ2v) is 4.18. The zero-order valence-corrected chi connectivity index (χ0v) is 9.70. The van der Waals surface area contributed by atoms with E-state index >= 15 is 0 Å². The van der Waals surface area contributed by atoms with E-state index in [9.17, 15) is 0 Å². The molecule has 1 aromatic heterocycles. The Labute approximate surface area is 96.5 Å². The molecular weight excluding hydrogens is 194 g/mol. The molecule has 80 valence electrons. The van der Waals surface area contributed by atoms with Gasteiger partial charge in [0, 0.05) is 23.9 Å². The summed E-state index contributed by atoms with van der Waals surface area (Å²) in [4.78, 5) is 4.29. The van der Waals surface area contributed by atoms with Crippen molar-refractivity contribution in [3.63, 3.8) is 0 Å². The Morgan fingerprint density at radius 1 is 1.25 bits per heavy atom. The van der Waals surface area contributed by atoms with Gasteiger partial charge in [-0.2, -0.15) is 0 Å². The highest BCUT2D eigenvalue weighted by molar-refractivity contribution is 5.78. The van der Waals surface area contributed by atoms with E-state index in [4.69, 9.17) is 0 Å². The summed E-state index contributed by atoms with van der Waals surface area (Å²) in [5, 5.41) is 1.19. The Morgan fingerprint density at radius 3 is 2.94 bits per heavy atom. The Morgan fingerprint density at radius 2 is 2.12 bits per heavy atom. The minimum absolute atomic E-state index is 0.446. The van der Waals surface area contributed by atoms with Crippen LogP contribution in [0.25, 0.3) is 10.9 Å². The molecule has 2 aromatic rings. The second-order valence-electron chi connectivity index (χ2n) is 4.18. The third-order valence-corrected chi connectivity index (χ3v) is 2.35. The molecule has 0 amide bonds. The predicted molar refractivity (Wildman–Crippen MR) is 68.1 cm³/mol. The standard InChI is InChI=1S/C15H15N/c1-12(2)5-3-6-13-8-9-15-14(11-13)7-4-10-16-15/h4,7-12H,6H2,1-2H3. The Bertz CT molecular complexity index is 544. The van der Waals surface area contributed by atoms with Crippen molar-refractivity contribution in [1.82, 2.24) is 4.98 Å². The van der Waals surface area contributed by atoms with Gasteiger partial charge in [-0.1, -0.05) is 31.9 Å². The zero-order valence-electron chi connectivity index (χ0n) is 9.70. The van der Waals surface area contributed by atoms with Crippen molar-refractivity contribution < 1.29 is 0 Å². The van der Waals surface area contributed by atoms with E-state index in [1.165, 1.54) is 10.9 Å². The average molecular weight is 209 g/mol. The molecule has 16 heavy (non-hydrogen) atoms. The maximum atomic E-state index is 4.29. The Kier molecular flexibility index (Phi) is 3.22. The summed E-state index contributed by atoms with van der Waals surface area (Å²) in [6.07, 6.45) is 2.64. The highest BCUT2D eigenvalue weighted by Crippen LogP contribution is 2.13. The summed E-state index contributed by atoms with van der Waals surface area (Å²) in [7, 11) is 0. The van der Waals surface area contributed by atoms with E-state index in [0.29, 0.717) is 5.92 Å². The minimum atomic E-state index is 0.446. The molecule has 0 fully saturated rings. The summed E-state index contributed by atoms with van der Waals surface area (Å²) in [5.74, 6) is 6.82. The highest BCUT2D eigenvalue weighted by Gasteiger charge is 1.95. The molecule has 0 spiro atoms. The average Bonchev–Trinajstić information content (AvgIpc) is 2.28. The van der Waals surface area contributed by atoms with Crippen LogP contribution in [-0.2, 0) is 6.42 Å². The molecule has 0 aliphatic rings. The van der Waals surface area contributed by atoms with E-state index in [2.05, 4.69) is 54.9 Å². The SMILES string of the molecule is CC(C)C#CCc1ccc2ncccc2c1. The number of aromatic nitrogens is 1. The van der Waals surface area contributed by atoms with Crippen molar-refractivity contribution in [3.8, 4) is 11.8 Å². The van der Waals surface area contributed by atoms with Crippen LogP contribution in [0.3, 0.4) is 0 Å². The normalized spacial score (nSPS) is 10.2. The Hall–Kier alpha value is -1.81.